The van der Waals surface area contributed by atoms with E-state index in [0.717, 1.165) is 15.6 Å². The Labute approximate surface area is 172 Å². The lowest BCUT2D eigenvalue weighted by atomic mass is 10.2. The van der Waals surface area contributed by atoms with Crippen LogP contribution in [0.3, 0.4) is 0 Å². The van der Waals surface area contributed by atoms with Crippen molar-refractivity contribution < 1.29 is 14.3 Å². The molecule has 0 spiro atoms. The van der Waals surface area contributed by atoms with Gasteiger partial charge in [-0.1, -0.05) is 12.1 Å². The second-order valence-corrected chi connectivity index (χ2v) is 7.97. The second kappa shape index (κ2) is 9.52. The van der Waals surface area contributed by atoms with Crippen LogP contribution in [-0.4, -0.2) is 23.5 Å². The van der Waals surface area contributed by atoms with Gasteiger partial charge in [-0.25, -0.2) is 9.78 Å². The van der Waals surface area contributed by atoms with E-state index in [9.17, 15) is 9.59 Å². The minimum absolute atomic E-state index is 0.193. The Bertz CT molecular complexity index is 968. The Morgan fingerprint density at radius 3 is 2.57 bits per heavy atom. The molecule has 0 radical (unpaired) electrons. The number of nitrogens with zero attached hydrogens (tertiary/aromatic N) is 1. The third-order valence-electron chi connectivity index (χ3n) is 3.83. The van der Waals surface area contributed by atoms with Gasteiger partial charge < -0.3 is 10.1 Å². The van der Waals surface area contributed by atoms with Crippen molar-refractivity contribution in [2.45, 2.75) is 24.5 Å². The minimum Gasteiger partial charge on any atom is -0.462 e. The van der Waals surface area contributed by atoms with E-state index >= 15 is 0 Å². The molecule has 3 aromatic rings. The van der Waals surface area contributed by atoms with Gasteiger partial charge in [0.2, 0.25) is 0 Å². The Morgan fingerprint density at radius 2 is 1.89 bits per heavy atom. The van der Waals surface area contributed by atoms with E-state index in [0.29, 0.717) is 29.2 Å². The van der Waals surface area contributed by atoms with E-state index in [4.69, 9.17) is 4.74 Å². The van der Waals surface area contributed by atoms with Crippen molar-refractivity contribution >= 4 is 40.7 Å². The molecule has 0 atom stereocenters. The van der Waals surface area contributed by atoms with Crippen LogP contribution >= 0.6 is 23.1 Å². The lowest BCUT2D eigenvalue weighted by Gasteiger charge is -2.10. The fraction of sp³-hybridized carbons (Fsp3) is 0.190. The van der Waals surface area contributed by atoms with Crippen LogP contribution in [-0.2, 0) is 10.5 Å². The van der Waals surface area contributed by atoms with Gasteiger partial charge in [-0.2, -0.15) is 0 Å². The van der Waals surface area contributed by atoms with Gasteiger partial charge in [-0.05, 0) is 50.2 Å². The molecule has 2 aromatic carbocycles. The van der Waals surface area contributed by atoms with Crippen molar-refractivity contribution in [2.75, 3.05) is 11.9 Å². The first kappa shape index (κ1) is 20.1. The van der Waals surface area contributed by atoms with Gasteiger partial charge in [0.15, 0.2) is 0 Å². The first-order valence-electron chi connectivity index (χ1n) is 8.78. The molecule has 1 N–H and O–H groups in total. The predicted octanol–water partition coefficient (Wildman–Crippen LogP) is 5.17. The molecule has 7 heteroatoms. The SMILES string of the molecule is CCOC(=O)c1ccc(NC(=O)c2ccccc2SCc2csc(C)n2)cc1. The highest BCUT2D eigenvalue weighted by Crippen LogP contribution is 2.27. The number of ether oxygens (including phenoxy) is 1. The highest BCUT2D eigenvalue weighted by molar-refractivity contribution is 7.98. The molecule has 1 amide bonds. The molecule has 0 unspecified atom stereocenters. The van der Waals surface area contributed by atoms with Gasteiger partial charge in [0.05, 0.1) is 28.4 Å². The van der Waals surface area contributed by atoms with Crippen LogP contribution in [0.1, 0.15) is 38.3 Å². The number of aryl methyl sites for hydroxylation is 1. The number of hydrogen-bond donors (Lipinski definition) is 1. The summed E-state index contributed by atoms with van der Waals surface area (Å²) in [6.45, 7) is 4.07. The molecule has 0 aliphatic carbocycles. The summed E-state index contributed by atoms with van der Waals surface area (Å²) in [7, 11) is 0. The lowest BCUT2D eigenvalue weighted by Crippen LogP contribution is -2.13. The van der Waals surface area contributed by atoms with Crippen molar-refractivity contribution in [3.8, 4) is 0 Å². The molecule has 28 heavy (non-hydrogen) atoms. The smallest absolute Gasteiger partial charge is 0.338 e. The van der Waals surface area contributed by atoms with Crippen LogP contribution < -0.4 is 5.32 Å². The molecular formula is C21H20N2O3S2. The van der Waals surface area contributed by atoms with Crippen LogP contribution in [0, 0.1) is 6.92 Å². The Morgan fingerprint density at radius 1 is 1.14 bits per heavy atom. The number of nitrogens with one attached hydrogen (secondary N) is 1. The number of amides is 1. The Balaban J connectivity index is 1.68. The highest BCUT2D eigenvalue weighted by Gasteiger charge is 2.13. The van der Waals surface area contributed by atoms with Gasteiger partial charge in [-0.3, -0.25) is 4.79 Å². The first-order chi connectivity index (χ1) is 13.6. The van der Waals surface area contributed by atoms with E-state index in [1.54, 1.807) is 60.4 Å². The molecule has 0 saturated carbocycles. The number of esters is 1. The van der Waals surface area contributed by atoms with Crippen molar-refractivity contribution in [3.63, 3.8) is 0 Å². The van der Waals surface area contributed by atoms with E-state index in [2.05, 4.69) is 10.3 Å². The quantitative estimate of drug-likeness (QED) is 0.428. The molecule has 5 nitrogen and oxygen atoms in total. The van der Waals surface area contributed by atoms with Crippen molar-refractivity contribution in [2.24, 2.45) is 0 Å². The average Bonchev–Trinajstić information content (AvgIpc) is 3.12. The van der Waals surface area contributed by atoms with Gasteiger partial charge in [-0.15, -0.1) is 23.1 Å². The van der Waals surface area contributed by atoms with Crippen LogP contribution in [0.4, 0.5) is 5.69 Å². The Hall–Kier alpha value is -2.64. The van der Waals surface area contributed by atoms with Gasteiger partial charge in [0.25, 0.3) is 5.91 Å². The topological polar surface area (TPSA) is 68.3 Å². The standard InChI is InChI=1S/C21H20N2O3S2/c1-3-26-21(25)15-8-10-16(11-9-15)23-20(24)18-6-4-5-7-19(18)28-13-17-12-27-14(2)22-17/h4-12H,3,13H2,1-2H3,(H,23,24). The van der Waals surface area contributed by atoms with Crippen molar-refractivity contribution in [3.05, 3.63) is 75.7 Å². The molecule has 0 bridgehead atoms. The minimum atomic E-state index is -0.376. The van der Waals surface area contributed by atoms with Gasteiger partial charge in [0.1, 0.15) is 0 Å². The van der Waals surface area contributed by atoms with Gasteiger partial charge in [0, 0.05) is 21.7 Å². The molecule has 3 rings (SSSR count). The number of anilines is 1. The number of carbonyl (C=O) groups is 2. The number of benzene rings is 2. The zero-order valence-corrected chi connectivity index (χ0v) is 17.2. The summed E-state index contributed by atoms with van der Waals surface area (Å²) in [5.74, 6) is 0.143. The molecule has 0 fully saturated rings. The summed E-state index contributed by atoms with van der Waals surface area (Å²) in [6.07, 6.45) is 0. The van der Waals surface area contributed by atoms with E-state index in [1.807, 2.05) is 30.5 Å². The molecule has 1 aromatic heterocycles. The maximum absolute atomic E-state index is 12.7. The second-order valence-electron chi connectivity index (χ2n) is 5.89. The molecular weight excluding hydrogens is 392 g/mol. The molecule has 1 heterocycles. The number of hydrogen-bond acceptors (Lipinski definition) is 6. The van der Waals surface area contributed by atoms with Crippen molar-refractivity contribution in [1.82, 2.24) is 4.98 Å². The number of rotatable bonds is 7. The summed E-state index contributed by atoms with van der Waals surface area (Å²) in [5.41, 5.74) is 2.69. The van der Waals surface area contributed by atoms with Crippen LogP contribution in [0.5, 0.6) is 0 Å². The van der Waals surface area contributed by atoms with E-state index in [1.165, 1.54) is 0 Å². The number of aromatic nitrogens is 1. The monoisotopic (exact) mass is 412 g/mol. The largest absolute Gasteiger partial charge is 0.462 e. The maximum atomic E-state index is 12.7. The highest BCUT2D eigenvalue weighted by atomic mass is 32.2. The van der Waals surface area contributed by atoms with Crippen LogP contribution in [0.25, 0.3) is 0 Å². The summed E-state index contributed by atoms with van der Waals surface area (Å²) in [6, 6.07) is 14.2. The Kier molecular flexibility index (Phi) is 6.84. The van der Waals surface area contributed by atoms with E-state index < -0.39 is 0 Å². The normalized spacial score (nSPS) is 10.5. The van der Waals surface area contributed by atoms with Crippen LogP contribution in [0.2, 0.25) is 0 Å². The lowest BCUT2D eigenvalue weighted by molar-refractivity contribution is 0.0526. The zero-order chi connectivity index (χ0) is 19.9. The summed E-state index contributed by atoms with van der Waals surface area (Å²) in [5, 5.41) is 5.95. The summed E-state index contributed by atoms with van der Waals surface area (Å²) in [4.78, 5) is 29.8. The summed E-state index contributed by atoms with van der Waals surface area (Å²) >= 11 is 3.21. The van der Waals surface area contributed by atoms with E-state index in [-0.39, 0.29) is 11.9 Å². The molecule has 0 saturated heterocycles. The summed E-state index contributed by atoms with van der Waals surface area (Å²) < 4.78 is 4.97. The number of carbonyl (C=O) groups excluding carboxylic acids is 2. The van der Waals surface area contributed by atoms with Crippen LogP contribution in [0.15, 0.2) is 58.8 Å². The molecule has 0 aliphatic heterocycles. The van der Waals surface area contributed by atoms with Gasteiger partial charge >= 0.3 is 5.97 Å². The average molecular weight is 413 g/mol. The first-order valence-corrected chi connectivity index (χ1v) is 10.6. The zero-order valence-electron chi connectivity index (χ0n) is 15.6. The number of thioether (sulfide) groups is 1. The maximum Gasteiger partial charge on any atom is 0.338 e. The number of thiazole rings is 1. The predicted molar refractivity (Wildman–Crippen MR) is 113 cm³/mol. The third-order valence-corrected chi connectivity index (χ3v) is 5.76. The fourth-order valence-corrected chi connectivity index (χ4v) is 4.17. The fourth-order valence-electron chi connectivity index (χ4n) is 2.51. The van der Waals surface area contributed by atoms with Crippen molar-refractivity contribution in [1.29, 1.82) is 0 Å². The third kappa shape index (κ3) is 5.21. The molecule has 0 aliphatic rings. The molecule has 144 valence electrons.